The fraction of sp³-hybridized carbons (Fsp3) is 0.750. The predicted octanol–water partition coefficient (Wildman–Crippen LogP) is 2.40. The van der Waals surface area contributed by atoms with E-state index in [9.17, 15) is 4.79 Å². The quantitative estimate of drug-likeness (QED) is 0.846. The average Bonchev–Trinajstić information content (AvgIpc) is 3.14. The van der Waals surface area contributed by atoms with E-state index in [0.29, 0.717) is 12.6 Å². The zero-order valence-electron chi connectivity index (χ0n) is 12.8. The molecule has 116 valence electrons. The van der Waals surface area contributed by atoms with E-state index in [4.69, 9.17) is 0 Å². The molecule has 1 heterocycles. The first-order valence-electron chi connectivity index (χ1n) is 8.24. The zero-order chi connectivity index (χ0) is 14.7. The highest BCUT2D eigenvalue weighted by Gasteiger charge is 2.23. The Labute approximate surface area is 126 Å². The van der Waals surface area contributed by atoms with Crippen LogP contribution < -0.4 is 10.6 Å². The lowest BCUT2D eigenvalue weighted by Crippen LogP contribution is -2.29. The van der Waals surface area contributed by atoms with Crippen molar-refractivity contribution < 1.29 is 4.79 Å². The smallest absolute Gasteiger partial charge is 0.241 e. The Bertz CT molecular complexity index is 480. The van der Waals surface area contributed by atoms with Gasteiger partial charge in [-0.3, -0.25) is 9.48 Å². The molecular formula is C16H26N4O. The van der Waals surface area contributed by atoms with E-state index < -0.39 is 0 Å². The summed E-state index contributed by atoms with van der Waals surface area (Å²) in [6.45, 7) is 3.69. The number of carbonyl (C=O) groups excluding carboxylic acids is 1. The first-order chi connectivity index (χ1) is 10.2. The third-order valence-corrected chi connectivity index (χ3v) is 4.52. The number of amides is 1. The summed E-state index contributed by atoms with van der Waals surface area (Å²) in [5.41, 5.74) is 1.02. The van der Waals surface area contributed by atoms with Gasteiger partial charge in [0.2, 0.25) is 5.91 Å². The van der Waals surface area contributed by atoms with Crippen molar-refractivity contribution in [3.8, 4) is 0 Å². The predicted molar refractivity (Wildman–Crippen MR) is 83.0 cm³/mol. The Kier molecular flexibility index (Phi) is 4.46. The largest absolute Gasteiger partial charge is 0.382 e. The molecule has 0 saturated heterocycles. The molecule has 2 atom stereocenters. The lowest BCUT2D eigenvalue weighted by atomic mass is 9.82. The summed E-state index contributed by atoms with van der Waals surface area (Å²) in [6.07, 6.45) is 11.4. The molecule has 0 radical (unpaired) electrons. The lowest BCUT2D eigenvalue weighted by molar-refractivity contribution is -0.122. The maximum atomic E-state index is 11.7. The van der Waals surface area contributed by atoms with Gasteiger partial charge in [-0.2, -0.15) is 5.10 Å². The molecule has 21 heavy (non-hydrogen) atoms. The third-order valence-electron chi connectivity index (χ3n) is 4.52. The van der Waals surface area contributed by atoms with Crippen LogP contribution in [-0.2, 0) is 11.3 Å². The van der Waals surface area contributed by atoms with Gasteiger partial charge >= 0.3 is 0 Å². The van der Waals surface area contributed by atoms with Gasteiger partial charge in [0.15, 0.2) is 0 Å². The summed E-state index contributed by atoms with van der Waals surface area (Å²) in [6, 6.07) is 0.416. The molecule has 0 aromatic carbocycles. The van der Waals surface area contributed by atoms with Crippen molar-refractivity contribution in [2.75, 3.05) is 11.9 Å². The van der Waals surface area contributed by atoms with E-state index in [0.717, 1.165) is 36.9 Å². The fourth-order valence-electron chi connectivity index (χ4n) is 3.20. The number of hydrogen-bond acceptors (Lipinski definition) is 3. The number of carbonyl (C=O) groups is 1. The number of rotatable bonds is 6. The topological polar surface area (TPSA) is 59.0 Å². The van der Waals surface area contributed by atoms with Crippen LogP contribution >= 0.6 is 0 Å². The van der Waals surface area contributed by atoms with Crippen LogP contribution in [0.2, 0.25) is 0 Å². The van der Waals surface area contributed by atoms with Gasteiger partial charge in [-0.25, -0.2) is 0 Å². The Morgan fingerprint density at radius 1 is 1.38 bits per heavy atom. The molecule has 0 bridgehead atoms. The molecule has 2 saturated carbocycles. The molecule has 0 aliphatic heterocycles. The van der Waals surface area contributed by atoms with E-state index in [1.54, 1.807) is 4.68 Å². The minimum Gasteiger partial charge on any atom is -0.382 e. The minimum absolute atomic E-state index is 0.0632. The van der Waals surface area contributed by atoms with Crippen LogP contribution in [0.25, 0.3) is 0 Å². The normalized spacial score (nSPS) is 25.6. The molecule has 2 aliphatic rings. The third kappa shape index (κ3) is 4.48. The molecule has 3 rings (SSSR count). The van der Waals surface area contributed by atoms with Crippen LogP contribution in [0.5, 0.6) is 0 Å². The maximum absolute atomic E-state index is 11.7. The van der Waals surface area contributed by atoms with Gasteiger partial charge in [-0.15, -0.1) is 0 Å². The van der Waals surface area contributed by atoms with Crippen molar-refractivity contribution in [3.05, 3.63) is 12.4 Å². The Hall–Kier alpha value is -1.52. The fourth-order valence-corrected chi connectivity index (χ4v) is 3.20. The van der Waals surface area contributed by atoms with Crippen molar-refractivity contribution >= 4 is 11.6 Å². The maximum Gasteiger partial charge on any atom is 0.241 e. The molecule has 5 heteroatoms. The van der Waals surface area contributed by atoms with E-state index >= 15 is 0 Å². The summed E-state index contributed by atoms with van der Waals surface area (Å²) in [7, 11) is 0. The highest BCUT2D eigenvalue weighted by atomic mass is 16.2. The second-order valence-corrected chi connectivity index (χ2v) is 6.79. The van der Waals surface area contributed by atoms with Crippen molar-refractivity contribution in [1.29, 1.82) is 0 Å². The minimum atomic E-state index is 0.0632. The lowest BCUT2D eigenvalue weighted by Gasteiger charge is -2.26. The Balaban J connectivity index is 1.42. The van der Waals surface area contributed by atoms with E-state index in [2.05, 4.69) is 22.7 Å². The molecule has 2 aliphatic carbocycles. The molecule has 2 N–H and O–H groups in total. The molecule has 5 nitrogen and oxygen atoms in total. The molecule has 2 unspecified atom stereocenters. The van der Waals surface area contributed by atoms with Gasteiger partial charge in [0, 0.05) is 18.8 Å². The summed E-state index contributed by atoms with van der Waals surface area (Å²) in [5.74, 6) is 1.70. The van der Waals surface area contributed by atoms with Crippen LogP contribution in [0, 0.1) is 11.8 Å². The first kappa shape index (κ1) is 14.4. The standard InChI is InChI=1S/C16H26N4O/c1-12-3-2-4-13(7-12)8-17-15-9-18-20(10-15)11-16(21)19-14-5-6-14/h9-10,12-14,17H,2-8,11H2,1H3,(H,19,21). The first-order valence-corrected chi connectivity index (χ1v) is 8.24. The average molecular weight is 290 g/mol. The Morgan fingerprint density at radius 2 is 2.24 bits per heavy atom. The number of anilines is 1. The summed E-state index contributed by atoms with van der Waals surface area (Å²) < 4.78 is 1.71. The highest BCUT2D eigenvalue weighted by Crippen LogP contribution is 2.28. The summed E-state index contributed by atoms with van der Waals surface area (Å²) >= 11 is 0. The molecule has 1 aromatic rings. The second-order valence-electron chi connectivity index (χ2n) is 6.79. The number of nitrogens with zero attached hydrogens (tertiary/aromatic N) is 2. The second kappa shape index (κ2) is 6.50. The van der Waals surface area contributed by atoms with Crippen LogP contribution in [-0.4, -0.2) is 28.3 Å². The van der Waals surface area contributed by atoms with Crippen molar-refractivity contribution in [2.24, 2.45) is 11.8 Å². The summed E-state index contributed by atoms with van der Waals surface area (Å²) in [4.78, 5) is 11.7. The van der Waals surface area contributed by atoms with Gasteiger partial charge in [0.1, 0.15) is 6.54 Å². The van der Waals surface area contributed by atoms with Crippen LogP contribution in [0.3, 0.4) is 0 Å². The van der Waals surface area contributed by atoms with Crippen molar-refractivity contribution in [2.45, 2.75) is 58.0 Å². The number of nitrogens with one attached hydrogen (secondary N) is 2. The van der Waals surface area contributed by atoms with Gasteiger partial charge in [-0.1, -0.05) is 19.8 Å². The number of aromatic nitrogens is 2. The zero-order valence-corrected chi connectivity index (χ0v) is 12.8. The molecule has 1 aromatic heterocycles. The van der Waals surface area contributed by atoms with Crippen molar-refractivity contribution in [3.63, 3.8) is 0 Å². The van der Waals surface area contributed by atoms with Crippen LogP contribution in [0.1, 0.15) is 45.4 Å². The van der Waals surface area contributed by atoms with Crippen LogP contribution in [0.15, 0.2) is 12.4 Å². The molecule has 0 spiro atoms. The molecule has 1 amide bonds. The van der Waals surface area contributed by atoms with Gasteiger partial charge in [0.25, 0.3) is 0 Å². The molecule has 2 fully saturated rings. The SMILES string of the molecule is CC1CCCC(CNc2cnn(CC(=O)NC3CC3)c2)C1. The number of hydrogen-bond donors (Lipinski definition) is 2. The van der Waals surface area contributed by atoms with Gasteiger partial charge in [-0.05, 0) is 37.5 Å². The summed E-state index contributed by atoms with van der Waals surface area (Å²) in [5, 5.41) is 10.7. The van der Waals surface area contributed by atoms with Crippen LogP contribution in [0.4, 0.5) is 5.69 Å². The van der Waals surface area contributed by atoms with E-state index in [1.165, 1.54) is 25.7 Å². The van der Waals surface area contributed by atoms with Crippen molar-refractivity contribution in [1.82, 2.24) is 15.1 Å². The van der Waals surface area contributed by atoms with E-state index in [1.807, 2.05) is 12.4 Å². The molecular weight excluding hydrogens is 264 g/mol. The van der Waals surface area contributed by atoms with Gasteiger partial charge in [0.05, 0.1) is 11.9 Å². The van der Waals surface area contributed by atoms with E-state index in [-0.39, 0.29) is 5.91 Å². The monoisotopic (exact) mass is 290 g/mol. The Morgan fingerprint density at radius 3 is 3.00 bits per heavy atom. The highest BCUT2D eigenvalue weighted by molar-refractivity contribution is 5.76. The van der Waals surface area contributed by atoms with Gasteiger partial charge < -0.3 is 10.6 Å².